The lowest BCUT2D eigenvalue weighted by Gasteiger charge is -2.29. The summed E-state index contributed by atoms with van der Waals surface area (Å²) in [5, 5.41) is 11.4. The highest BCUT2D eigenvalue weighted by atomic mass is 16.2. The molecule has 0 spiro atoms. The topological polar surface area (TPSA) is 76.9 Å². The van der Waals surface area contributed by atoms with Crippen LogP contribution in [0.2, 0.25) is 0 Å². The van der Waals surface area contributed by atoms with E-state index in [1.54, 1.807) is 24.3 Å². The lowest BCUT2D eigenvalue weighted by atomic mass is 9.86. The standard InChI is InChI=1S/C16H20N4O2/c1-11-6-2-4-8-13(11)17-15(21)10-20-16(22)12-7-3-5-9-14(12)18-19-20/h3,5,7,9,11,13H,2,4,6,8,10H2,1H3,(H,17,21)/t11-,13+/m0/s1. The molecule has 2 aromatic rings. The molecule has 0 bridgehead atoms. The minimum atomic E-state index is -0.280. The number of aromatic nitrogens is 3. The first-order valence-corrected chi connectivity index (χ1v) is 7.77. The van der Waals surface area contributed by atoms with E-state index in [0.29, 0.717) is 16.8 Å². The number of nitrogens with zero attached hydrogens (tertiary/aromatic N) is 3. The van der Waals surface area contributed by atoms with E-state index in [9.17, 15) is 9.59 Å². The molecule has 22 heavy (non-hydrogen) atoms. The summed E-state index contributed by atoms with van der Waals surface area (Å²) in [6.45, 7) is 2.08. The molecule has 0 radical (unpaired) electrons. The van der Waals surface area contributed by atoms with Gasteiger partial charge in [-0.15, -0.1) is 5.10 Å². The second-order valence-corrected chi connectivity index (χ2v) is 6.01. The highest BCUT2D eigenvalue weighted by Gasteiger charge is 2.23. The van der Waals surface area contributed by atoms with E-state index in [-0.39, 0.29) is 24.1 Å². The lowest BCUT2D eigenvalue weighted by molar-refractivity contribution is -0.123. The van der Waals surface area contributed by atoms with E-state index in [0.717, 1.165) is 23.9 Å². The maximum atomic E-state index is 12.3. The fourth-order valence-corrected chi connectivity index (χ4v) is 3.05. The van der Waals surface area contributed by atoms with Crippen molar-refractivity contribution in [3.8, 4) is 0 Å². The normalized spacial score (nSPS) is 21.7. The molecule has 6 heteroatoms. The van der Waals surface area contributed by atoms with Crippen LogP contribution < -0.4 is 10.9 Å². The summed E-state index contributed by atoms with van der Waals surface area (Å²) in [7, 11) is 0. The molecular weight excluding hydrogens is 280 g/mol. The maximum Gasteiger partial charge on any atom is 0.278 e. The van der Waals surface area contributed by atoms with Crippen molar-refractivity contribution in [3.63, 3.8) is 0 Å². The highest BCUT2D eigenvalue weighted by molar-refractivity contribution is 5.78. The van der Waals surface area contributed by atoms with Crippen molar-refractivity contribution in [2.75, 3.05) is 0 Å². The SMILES string of the molecule is C[C@H]1CCCC[C@H]1NC(=O)Cn1nnc2ccccc2c1=O. The van der Waals surface area contributed by atoms with Crippen molar-refractivity contribution in [2.24, 2.45) is 5.92 Å². The molecule has 1 aliphatic rings. The van der Waals surface area contributed by atoms with Crippen LogP contribution in [-0.4, -0.2) is 26.9 Å². The van der Waals surface area contributed by atoms with Gasteiger partial charge in [0.1, 0.15) is 12.1 Å². The van der Waals surface area contributed by atoms with Gasteiger partial charge >= 0.3 is 0 Å². The number of carbonyl (C=O) groups is 1. The minimum Gasteiger partial charge on any atom is -0.351 e. The Hall–Kier alpha value is -2.24. The van der Waals surface area contributed by atoms with Crippen LogP contribution in [0.3, 0.4) is 0 Å². The Morgan fingerprint density at radius 3 is 2.91 bits per heavy atom. The Balaban J connectivity index is 1.74. The number of carbonyl (C=O) groups excluding carboxylic acids is 1. The third kappa shape index (κ3) is 3.00. The predicted octanol–water partition coefficient (Wildman–Crippen LogP) is 1.49. The number of benzene rings is 1. The van der Waals surface area contributed by atoms with Crippen LogP contribution in [-0.2, 0) is 11.3 Å². The van der Waals surface area contributed by atoms with Crippen molar-refractivity contribution in [1.82, 2.24) is 20.3 Å². The van der Waals surface area contributed by atoms with Gasteiger partial charge < -0.3 is 5.32 Å². The Kier molecular flexibility index (Phi) is 4.18. The van der Waals surface area contributed by atoms with Gasteiger partial charge in [-0.3, -0.25) is 9.59 Å². The molecule has 1 aromatic heterocycles. The van der Waals surface area contributed by atoms with Crippen LogP contribution in [0.15, 0.2) is 29.1 Å². The molecule has 1 fully saturated rings. The molecule has 1 aliphatic carbocycles. The van der Waals surface area contributed by atoms with Gasteiger partial charge in [0.25, 0.3) is 5.56 Å². The summed E-state index contributed by atoms with van der Waals surface area (Å²) in [6, 6.07) is 7.21. The van der Waals surface area contributed by atoms with Gasteiger partial charge in [-0.1, -0.05) is 37.1 Å². The van der Waals surface area contributed by atoms with Gasteiger partial charge in [0, 0.05) is 6.04 Å². The predicted molar refractivity (Wildman–Crippen MR) is 83.4 cm³/mol. The van der Waals surface area contributed by atoms with Crippen molar-refractivity contribution >= 4 is 16.8 Å². The zero-order valence-electron chi connectivity index (χ0n) is 12.7. The van der Waals surface area contributed by atoms with Gasteiger partial charge in [-0.2, -0.15) is 0 Å². The van der Waals surface area contributed by atoms with Gasteiger partial charge in [-0.25, -0.2) is 4.68 Å². The summed E-state index contributed by atoms with van der Waals surface area (Å²) >= 11 is 0. The molecule has 2 atom stereocenters. The molecule has 0 aliphatic heterocycles. The van der Waals surface area contributed by atoms with Crippen molar-refractivity contribution in [2.45, 2.75) is 45.2 Å². The number of nitrogens with one attached hydrogen (secondary N) is 1. The average molecular weight is 300 g/mol. The second-order valence-electron chi connectivity index (χ2n) is 6.01. The van der Waals surface area contributed by atoms with E-state index in [2.05, 4.69) is 22.6 Å². The molecule has 0 saturated heterocycles. The highest BCUT2D eigenvalue weighted by Crippen LogP contribution is 2.23. The third-order valence-electron chi connectivity index (χ3n) is 4.38. The first-order chi connectivity index (χ1) is 10.6. The van der Waals surface area contributed by atoms with Crippen molar-refractivity contribution in [1.29, 1.82) is 0 Å². The fraction of sp³-hybridized carbons (Fsp3) is 0.500. The second kappa shape index (κ2) is 6.25. The van der Waals surface area contributed by atoms with Crippen LogP contribution >= 0.6 is 0 Å². The quantitative estimate of drug-likeness (QED) is 0.931. The molecular formula is C16H20N4O2. The summed E-state index contributed by atoms with van der Waals surface area (Å²) in [5.41, 5.74) is 0.266. The largest absolute Gasteiger partial charge is 0.351 e. The van der Waals surface area contributed by atoms with E-state index in [1.807, 2.05) is 0 Å². The van der Waals surface area contributed by atoms with Gasteiger partial charge in [0.15, 0.2) is 0 Å². The van der Waals surface area contributed by atoms with Crippen LogP contribution in [0.25, 0.3) is 10.9 Å². The van der Waals surface area contributed by atoms with E-state index < -0.39 is 0 Å². The van der Waals surface area contributed by atoms with Crippen LogP contribution in [0.1, 0.15) is 32.6 Å². The summed E-state index contributed by atoms with van der Waals surface area (Å²) in [4.78, 5) is 24.5. The first-order valence-electron chi connectivity index (χ1n) is 7.77. The molecule has 6 nitrogen and oxygen atoms in total. The molecule has 116 valence electrons. The fourth-order valence-electron chi connectivity index (χ4n) is 3.05. The van der Waals surface area contributed by atoms with E-state index in [1.165, 1.54) is 6.42 Å². The molecule has 1 heterocycles. The Bertz CT molecular complexity index is 740. The Labute approximate surface area is 128 Å². The van der Waals surface area contributed by atoms with Crippen LogP contribution in [0.5, 0.6) is 0 Å². The molecule has 1 N–H and O–H groups in total. The molecule has 3 rings (SSSR count). The van der Waals surface area contributed by atoms with Crippen molar-refractivity contribution in [3.05, 3.63) is 34.6 Å². The smallest absolute Gasteiger partial charge is 0.278 e. The summed E-state index contributed by atoms with van der Waals surface area (Å²) in [6.07, 6.45) is 4.51. The number of fused-ring (bicyclic) bond motifs is 1. The monoisotopic (exact) mass is 300 g/mol. The van der Waals surface area contributed by atoms with E-state index in [4.69, 9.17) is 0 Å². The number of rotatable bonds is 3. The minimum absolute atomic E-state index is 0.0834. The van der Waals surface area contributed by atoms with Gasteiger partial charge in [0.2, 0.25) is 5.91 Å². The first kappa shape index (κ1) is 14.7. The number of hydrogen-bond acceptors (Lipinski definition) is 4. The molecule has 1 amide bonds. The zero-order valence-corrected chi connectivity index (χ0v) is 12.7. The van der Waals surface area contributed by atoms with Crippen LogP contribution in [0.4, 0.5) is 0 Å². The van der Waals surface area contributed by atoms with Gasteiger partial charge in [0.05, 0.1) is 5.39 Å². The Morgan fingerprint density at radius 2 is 2.09 bits per heavy atom. The van der Waals surface area contributed by atoms with Gasteiger partial charge in [-0.05, 0) is 30.9 Å². The average Bonchev–Trinajstić information content (AvgIpc) is 2.53. The maximum absolute atomic E-state index is 12.3. The third-order valence-corrected chi connectivity index (χ3v) is 4.38. The molecule has 1 saturated carbocycles. The van der Waals surface area contributed by atoms with E-state index >= 15 is 0 Å². The molecule has 0 unspecified atom stereocenters. The molecule has 1 aromatic carbocycles. The van der Waals surface area contributed by atoms with Crippen molar-refractivity contribution < 1.29 is 4.79 Å². The van der Waals surface area contributed by atoms with Crippen LogP contribution in [0, 0.1) is 5.92 Å². The Morgan fingerprint density at radius 1 is 1.32 bits per heavy atom. The zero-order chi connectivity index (χ0) is 15.5. The number of amides is 1. The number of hydrogen-bond donors (Lipinski definition) is 1. The lowest BCUT2D eigenvalue weighted by Crippen LogP contribution is -2.44. The summed E-state index contributed by atoms with van der Waals surface area (Å²) < 4.78 is 1.13. The summed E-state index contributed by atoms with van der Waals surface area (Å²) in [5.74, 6) is 0.308.